The number of phenols is 1. The van der Waals surface area contributed by atoms with Crippen LogP contribution in [0.1, 0.15) is 21.5 Å². The summed E-state index contributed by atoms with van der Waals surface area (Å²) >= 11 is 6.00. The molecule has 4 aromatic rings. The first-order chi connectivity index (χ1) is 15.0. The van der Waals surface area contributed by atoms with Crippen molar-refractivity contribution in [1.82, 2.24) is 9.99 Å². The van der Waals surface area contributed by atoms with E-state index >= 15 is 0 Å². The molecule has 0 unspecified atom stereocenters. The Labute approximate surface area is 183 Å². The van der Waals surface area contributed by atoms with Crippen LogP contribution in [0.15, 0.2) is 88.9 Å². The molecular weight excluding hydrogens is 414 g/mol. The van der Waals surface area contributed by atoms with Gasteiger partial charge in [0.05, 0.1) is 12.8 Å². The molecular formula is C24H18ClN3O3. The van der Waals surface area contributed by atoms with E-state index in [0.29, 0.717) is 10.6 Å². The number of aromatic nitrogens is 1. The molecule has 4 rings (SSSR count). The van der Waals surface area contributed by atoms with E-state index in [1.54, 1.807) is 42.6 Å². The standard InChI is InChI=1S/C24H18ClN3O3/c25-18-7-3-5-16(13-18)15-28-12-4-9-20(24(28)31)23(30)27-26-14-21-19-8-2-1-6-17(19)10-11-22(21)29/h1-14,29H,15H2,(H,27,30)/b26-14-. The number of fused-ring (bicyclic) bond motifs is 1. The molecule has 1 amide bonds. The van der Waals surface area contributed by atoms with Crippen molar-refractivity contribution in [3.8, 4) is 5.75 Å². The van der Waals surface area contributed by atoms with Crippen LogP contribution in [0, 0.1) is 0 Å². The van der Waals surface area contributed by atoms with Gasteiger partial charge in [0.25, 0.3) is 11.5 Å². The van der Waals surface area contributed by atoms with Crippen LogP contribution >= 0.6 is 11.6 Å². The average Bonchev–Trinajstić information content (AvgIpc) is 2.76. The molecule has 154 valence electrons. The van der Waals surface area contributed by atoms with E-state index in [4.69, 9.17) is 11.6 Å². The number of carbonyl (C=O) groups excluding carboxylic acids is 1. The van der Waals surface area contributed by atoms with E-state index in [2.05, 4.69) is 10.5 Å². The number of phenolic OH excluding ortho intramolecular Hbond substituents is 1. The third kappa shape index (κ3) is 4.49. The third-order valence-corrected chi connectivity index (χ3v) is 5.05. The Hall–Kier alpha value is -3.90. The number of pyridine rings is 1. The number of carbonyl (C=O) groups is 1. The summed E-state index contributed by atoms with van der Waals surface area (Å²) in [7, 11) is 0. The van der Waals surface area contributed by atoms with Crippen LogP contribution in [-0.4, -0.2) is 21.8 Å². The predicted octanol–water partition coefficient (Wildman–Crippen LogP) is 4.17. The van der Waals surface area contributed by atoms with E-state index in [1.807, 2.05) is 30.3 Å². The van der Waals surface area contributed by atoms with Crippen LogP contribution in [0.4, 0.5) is 0 Å². The normalized spacial score (nSPS) is 11.1. The molecule has 0 atom stereocenters. The van der Waals surface area contributed by atoms with Gasteiger partial charge in [-0.2, -0.15) is 5.10 Å². The van der Waals surface area contributed by atoms with Crippen molar-refractivity contribution in [2.45, 2.75) is 6.54 Å². The molecule has 2 N–H and O–H groups in total. The monoisotopic (exact) mass is 431 g/mol. The van der Waals surface area contributed by atoms with E-state index in [1.165, 1.54) is 16.8 Å². The number of hydrogen-bond donors (Lipinski definition) is 2. The fraction of sp³-hybridized carbons (Fsp3) is 0.0417. The molecule has 1 aromatic heterocycles. The highest BCUT2D eigenvalue weighted by Gasteiger charge is 2.12. The van der Waals surface area contributed by atoms with Crippen LogP contribution in [0.3, 0.4) is 0 Å². The van der Waals surface area contributed by atoms with Crippen molar-refractivity contribution in [2.75, 3.05) is 0 Å². The van der Waals surface area contributed by atoms with Gasteiger partial charge in [-0.05, 0) is 46.7 Å². The lowest BCUT2D eigenvalue weighted by molar-refractivity contribution is 0.0953. The molecule has 6 nitrogen and oxygen atoms in total. The lowest BCUT2D eigenvalue weighted by Gasteiger charge is -2.08. The molecule has 7 heteroatoms. The summed E-state index contributed by atoms with van der Waals surface area (Å²) in [5, 5.41) is 16.4. The van der Waals surface area contributed by atoms with Gasteiger partial charge in [-0.1, -0.05) is 54.1 Å². The van der Waals surface area contributed by atoms with Gasteiger partial charge in [0.15, 0.2) is 0 Å². The zero-order chi connectivity index (χ0) is 21.8. The lowest BCUT2D eigenvalue weighted by atomic mass is 10.0. The van der Waals surface area contributed by atoms with Gasteiger partial charge >= 0.3 is 0 Å². The molecule has 0 aliphatic rings. The molecule has 0 saturated carbocycles. The maximum absolute atomic E-state index is 12.7. The minimum absolute atomic E-state index is 0.0381. The maximum Gasteiger partial charge on any atom is 0.276 e. The van der Waals surface area contributed by atoms with Crippen LogP contribution in [0.25, 0.3) is 10.8 Å². The largest absolute Gasteiger partial charge is 0.507 e. The highest BCUT2D eigenvalue weighted by molar-refractivity contribution is 6.30. The first-order valence-electron chi connectivity index (χ1n) is 9.51. The van der Waals surface area contributed by atoms with Crippen molar-refractivity contribution in [3.63, 3.8) is 0 Å². The number of nitrogens with one attached hydrogen (secondary N) is 1. The smallest absolute Gasteiger partial charge is 0.276 e. The summed E-state index contributed by atoms with van der Waals surface area (Å²) in [6, 6.07) is 21.1. The molecule has 3 aromatic carbocycles. The number of benzene rings is 3. The minimum atomic E-state index is -0.638. The summed E-state index contributed by atoms with van der Waals surface area (Å²) in [4.78, 5) is 25.3. The summed E-state index contributed by atoms with van der Waals surface area (Å²) in [5.41, 5.74) is 3.21. The molecule has 0 radical (unpaired) electrons. The van der Waals surface area contributed by atoms with Crippen molar-refractivity contribution in [3.05, 3.63) is 111 Å². The molecule has 0 saturated heterocycles. The second-order valence-electron chi connectivity index (χ2n) is 6.90. The summed E-state index contributed by atoms with van der Waals surface area (Å²) < 4.78 is 1.43. The number of hydrogen-bond acceptors (Lipinski definition) is 4. The Balaban J connectivity index is 1.55. The lowest BCUT2D eigenvalue weighted by Crippen LogP contribution is -2.30. The molecule has 31 heavy (non-hydrogen) atoms. The molecule has 0 spiro atoms. The average molecular weight is 432 g/mol. The van der Waals surface area contributed by atoms with Gasteiger partial charge in [0.1, 0.15) is 11.3 Å². The highest BCUT2D eigenvalue weighted by Crippen LogP contribution is 2.25. The summed E-state index contributed by atoms with van der Waals surface area (Å²) in [6.45, 7) is 0.285. The van der Waals surface area contributed by atoms with Crippen molar-refractivity contribution >= 4 is 34.5 Å². The number of halogens is 1. The topological polar surface area (TPSA) is 83.7 Å². The molecule has 0 aliphatic carbocycles. The number of hydrazone groups is 1. The molecule has 0 aliphatic heterocycles. The quantitative estimate of drug-likeness (QED) is 0.367. The van der Waals surface area contributed by atoms with Crippen LogP contribution in [0.5, 0.6) is 5.75 Å². The van der Waals surface area contributed by atoms with E-state index in [0.717, 1.165) is 16.3 Å². The summed E-state index contributed by atoms with van der Waals surface area (Å²) in [6.07, 6.45) is 2.97. The Morgan fingerprint density at radius 1 is 1.06 bits per heavy atom. The van der Waals surface area contributed by atoms with Crippen molar-refractivity contribution in [1.29, 1.82) is 0 Å². The van der Waals surface area contributed by atoms with Gasteiger partial charge in [0, 0.05) is 16.8 Å². The predicted molar refractivity (Wildman–Crippen MR) is 122 cm³/mol. The molecule has 0 bridgehead atoms. The number of nitrogens with zero attached hydrogens (tertiary/aromatic N) is 2. The zero-order valence-corrected chi connectivity index (χ0v) is 17.1. The van der Waals surface area contributed by atoms with Gasteiger partial charge in [-0.3, -0.25) is 9.59 Å². The number of amides is 1. The van der Waals surface area contributed by atoms with Crippen LogP contribution in [-0.2, 0) is 6.54 Å². The van der Waals surface area contributed by atoms with Gasteiger partial charge < -0.3 is 9.67 Å². The van der Waals surface area contributed by atoms with E-state index in [9.17, 15) is 14.7 Å². The first kappa shape index (κ1) is 20.4. The van der Waals surface area contributed by atoms with Gasteiger partial charge in [0.2, 0.25) is 0 Å². The Kier molecular flexibility index (Phi) is 5.82. The number of aromatic hydroxyl groups is 1. The Bertz CT molecular complexity index is 1360. The summed E-state index contributed by atoms with van der Waals surface area (Å²) in [5.74, 6) is -0.596. The highest BCUT2D eigenvalue weighted by atomic mass is 35.5. The first-order valence-corrected chi connectivity index (χ1v) is 9.89. The Morgan fingerprint density at radius 3 is 2.74 bits per heavy atom. The fourth-order valence-electron chi connectivity index (χ4n) is 3.30. The van der Waals surface area contributed by atoms with E-state index in [-0.39, 0.29) is 17.9 Å². The van der Waals surface area contributed by atoms with Crippen molar-refractivity contribution in [2.24, 2.45) is 5.10 Å². The maximum atomic E-state index is 12.7. The SMILES string of the molecule is O=C(N/N=C\c1c(O)ccc2ccccc12)c1cccn(Cc2cccc(Cl)c2)c1=O. The minimum Gasteiger partial charge on any atom is -0.507 e. The third-order valence-electron chi connectivity index (χ3n) is 4.81. The van der Waals surface area contributed by atoms with Crippen LogP contribution in [0.2, 0.25) is 5.02 Å². The Morgan fingerprint density at radius 2 is 1.90 bits per heavy atom. The second-order valence-corrected chi connectivity index (χ2v) is 7.34. The molecule has 0 fully saturated rings. The van der Waals surface area contributed by atoms with Gasteiger partial charge in [-0.15, -0.1) is 0 Å². The second kappa shape index (κ2) is 8.85. The van der Waals surface area contributed by atoms with Gasteiger partial charge in [-0.25, -0.2) is 5.43 Å². The van der Waals surface area contributed by atoms with Crippen molar-refractivity contribution < 1.29 is 9.90 Å². The number of rotatable bonds is 5. The zero-order valence-electron chi connectivity index (χ0n) is 16.3. The van der Waals surface area contributed by atoms with Crippen LogP contribution < -0.4 is 11.0 Å². The van der Waals surface area contributed by atoms with E-state index < -0.39 is 11.5 Å². The molecule has 1 heterocycles. The fourth-order valence-corrected chi connectivity index (χ4v) is 3.51.